The van der Waals surface area contributed by atoms with Gasteiger partial charge < -0.3 is 15.2 Å². The average Bonchev–Trinajstić information content (AvgIpc) is 2.98. The normalized spacial score (nSPS) is 10.7. The maximum Gasteiger partial charge on any atom is 0.255 e. The highest BCUT2D eigenvalue weighted by Crippen LogP contribution is 2.18. The van der Waals surface area contributed by atoms with Crippen LogP contribution < -0.4 is 10.2 Å². The summed E-state index contributed by atoms with van der Waals surface area (Å²) in [4.78, 5) is 21.7. The van der Waals surface area contributed by atoms with Crippen molar-refractivity contribution in [1.82, 2.24) is 15.3 Å². The Kier molecular flexibility index (Phi) is 4.28. The molecule has 0 bridgehead atoms. The second-order valence-electron chi connectivity index (χ2n) is 5.63. The highest BCUT2D eigenvalue weighted by atomic mass is 16.1. The standard InChI is InChI=1S/C18H20N4O/c1-22(2)17-15(7-5-10-19-17)18(23)20-11-9-13-12-21-16-8-4-3-6-14(13)16/h3-8,10,12,21H,9,11H2,1-2H3,(H,20,23). The van der Waals surface area contributed by atoms with Crippen molar-refractivity contribution in [3.05, 3.63) is 59.9 Å². The van der Waals surface area contributed by atoms with Crippen LogP contribution in [0.25, 0.3) is 10.9 Å². The molecular formula is C18H20N4O. The van der Waals surface area contributed by atoms with Crippen LogP contribution in [0.15, 0.2) is 48.8 Å². The van der Waals surface area contributed by atoms with Gasteiger partial charge in [0.2, 0.25) is 0 Å². The van der Waals surface area contributed by atoms with Crippen LogP contribution in [0.1, 0.15) is 15.9 Å². The number of amides is 1. The molecule has 3 aromatic rings. The predicted molar refractivity (Wildman–Crippen MR) is 92.9 cm³/mol. The molecule has 0 unspecified atom stereocenters. The van der Waals surface area contributed by atoms with Gasteiger partial charge in [-0.1, -0.05) is 18.2 Å². The number of aromatic nitrogens is 2. The van der Waals surface area contributed by atoms with Gasteiger partial charge in [-0.05, 0) is 30.2 Å². The summed E-state index contributed by atoms with van der Waals surface area (Å²) < 4.78 is 0. The number of nitrogens with one attached hydrogen (secondary N) is 2. The topological polar surface area (TPSA) is 61.0 Å². The van der Waals surface area contributed by atoms with Crippen molar-refractivity contribution in [2.45, 2.75) is 6.42 Å². The number of H-pyrrole nitrogens is 1. The van der Waals surface area contributed by atoms with E-state index >= 15 is 0 Å². The Labute approximate surface area is 135 Å². The molecule has 0 radical (unpaired) electrons. The molecule has 2 heterocycles. The molecule has 0 fully saturated rings. The van der Waals surface area contributed by atoms with Crippen molar-refractivity contribution in [3.63, 3.8) is 0 Å². The van der Waals surface area contributed by atoms with Crippen LogP contribution in [0.2, 0.25) is 0 Å². The summed E-state index contributed by atoms with van der Waals surface area (Å²) in [6, 6.07) is 11.8. The van der Waals surface area contributed by atoms with E-state index in [1.54, 1.807) is 18.3 Å². The number of carbonyl (C=O) groups is 1. The lowest BCUT2D eigenvalue weighted by atomic mass is 10.1. The zero-order valence-electron chi connectivity index (χ0n) is 13.3. The lowest BCUT2D eigenvalue weighted by Crippen LogP contribution is -2.28. The quantitative estimate of drug-likeness (QED) is 0.761. The number of rotatable bonds is 5. The number of carbonyl (C=O) groups excluding carboxylic acids is 1. The van der Waals surface area contributed by atoms with Crippen LogP contribution >= 0.6 is 0 Å². The van der Waals surface area contributed by atoms with Gasteiger partial charge in [0.25, 0.3) is 5.91 Å². The number of fused-ring (bicyclic) bond motifs is 1. The molecule has 0 aliphatic rings. The van der Waals surface area contributed by atoms with E-state index in [-0.39, 0.29) is 5.91 Å². The highest BCUT2D eigenvalue weighted by molar-refractivity contribution is 5.98. The van der Waals surface area contributed by atoms with Gasteiger partial charge in [0, 0.05) is 43.9 Å². The number of nitrogens with zero attached hydrogens (tertiary/aromatic N) is 2. The van der Waals surface area contributed by atoms with E-state index in [2.05, 4.69) is 27.4 Å². The van der Waals surface area contributed by atoms with Crippen LogP contribution in [0.5, 0.6) is 0 Å². The van der Waals surface area contributed by atoms with Crippen molar-refractivity contribution in [3.8, 4) is 0 Å². The summed E-state index contributed by atoms with van der Waals surface area (Å²) in [6.07, 6.45) is 4.48. The van der Waals surface area contributed by atoms with Gasteiger partial charge in [0.05, 0.1) is 5.56 Å². The number of hydrogen-bond donors (Lipinski definition) is 2. The predicted octanol–water partition coefficient (Wildman–Crippen LogP) is 2.60. The Morgan fingerprint density at radius 1 is 1.22 bits per heavy atom. The number of para-hydroxylation sites is 1. The molecule has 0 saturated carbocycles. The van der Waals surface area contributed by atoms with Gasteiger partial charge in [0.1, 0.15) is 5.82 Å². The molecule has 0 aliphatic carbocycles. The molecule has 1 amide bonds. The largest absolute Gasteiger partial charge is 0.362 e. The Hall–Kier alpha value is -2.82. The first-order valence-corrected chi connectivity index (χ1v) is 7.62. The van der Waals surface area contributed by atoms with Crippen molar-refractivity contribution in [2.24, 2.45) is 0 Å². The van der Waals surface area contributed by atoms with Gasteiger partial charge >= 0.3 is 0 Å². The highest BCUT2D eigenvalue weighted by Gasteiger charge is 2.13. The van der Waals surface area contributed by atoms with Crippen molar-refractivity contribution in [1.29, 1.82) is 0 Å². The Morgan fingerprint density at radius 3 is 2.87 bits per heavy atom. The summed E-state index contributed by atoms with van der Waals surface area (Å²) in [7, 11) is 3.76. The molecule has 23 heavy (non-hydrogen) atoms. The molecule has 118 valence electrons. The van der Waals surface area contributed by atoms with Crippen LogP contribution in [-0.4, -0.2) is 36.5 Å². The molecule has 5 heteroatoms. The first-order chi connectivity index (χ1) is 11.2. The monoisotopic (exact) mass is 308 g/mol. The first kappa shape index (κ1) is 15.1. The number of aromatic amines is 1. The van der Waals surface area contributed by atoms with Gasteiger partial charge in [0.15, 0.2) is 0 Å². The van der Waals surface area contributed by atoms with Crippen LogP contribution in [0, 0.1) is 0 Å². The first-order valence-electron chi connectivity index (χ1n) is 7.62. The number of benzene rings is 1. The minimum atomic E-state index is -0.0957. The summed E-state index contributed by atoms with van der Waals surface area (Å²) in [5, 5.41) is 4.18. The maximum atomic E-state index is 12.4. The Bertz CT molecular complexity index is 823. The van der Waals surface area contributed by atoms with E-state index in [4.69, 9.17) is 0 Å². The summed E-state index contributed by atoms with van der Waals surface area (Å²) in [6.45, 7) is 0.586. The third-order valence-electron chi connectivity index (χ3n) is 3.81. The molecule has 0 aliphatic heterocycles. The fourth-order valence-corrected chi connectivity index (χ4v) is 2.67. The van der Waals surface area contributed by atoms with E-state index in [1.807, 2.05) is 37.3 Å². The zero-order chi connectivity index (χ0) is 16.2. The minimum Gasteiger partial charge on any atom is -0.362 e. The van der Waals surface area contributed by atoms with Crippen LogP contribution in [-0.2, 0) is 6.42 Å². The molecular weight excluding hydrogens is 288 g/mol. The molecule has 3 rings (SSSR count). The van der Waals surface area contributed by atoms with Gasteiger partial charge in [-0.3, -0.25) is 4.79 Å². The molecule has 0 saturated heterocycles. The van der Waals surface area contributed by atoms with Crippen LogP contribution in [0.4, 0.5) is 5.82 Å². The Morgan fingerprint density at radius 2 is 2.04 bits per heavy atom. The second kappa shape index (κ2) is 6.52. The van der Waals surface area contributed by atoms with Crippen molar-refractivity contribution < 1.29 is 4.79 Å². The van der Waals surface area contributed by atoms with E-state index in [0.29, 0.717) is 17.9 Å². The summed E-state index contributed by atoms with van der Waals surface area (Å²) >= 11 is 0. The van der Waals surface area contributed by atoms with E-state index < -0.39 is 0 Å². The molecule has 2 N–H and O–H groups in total. The number of hydrogen-bond acceptors (Lipinski definition) is 3. The third kappa shape index (κ3) is 3.18. The third-order valence-corrected chi connectivity index (χ3v) is 3.81. The van der Waals surface area contributed by atoms with Gasteiger partial charge in [-0.25, -0.2) is 4.98 Å². The average molecular weight is 308 g/mol. The van der Waals surface area contributed by atoms with E-state index in [9.17, 15) is 4.79 Å². The SMILES string of the molecule is CN(C)c1ncccc1C(=O)NCCc1c[nH]c2ccccc12. The van der Waals surface area contributed by atoms with Crippen LogP contribution in [0.3, 0.4) is 0 Å². The zero-order valence-corrected chi connectivity index (χ0v) is 13.3. The Balaban J connectivity index is 1.66. The molecule has 0 spiro atoms. The molecule has 2 aromatic heterocycles. The summed E-state index contributed by atoms with van der Waals surface area (Å²) in [5.74, 6) is 0.582. The fraction of sp³-hybridized carbons (Fsp3) is 0.222. The summed E-state index contributed by atoms with van der Waals surface area (Å²) in [5.41, 5.74) is 2.92. The lowest BCUT2D eigenvalue weighted by Gasteiger charge is -2.15. The number of pyridine rings is 1. The number of anilines is 1. The smallest absolute Gasteiger partial charge is 0.255 e. The van der Waals surface area contributed by atoms with Crippen molar-refractivity contribution >= 4 is 22.6 Å². The molecule has 5 nitrogen and oxygen atoms in total. The molecule has 0 atom stereocenters. The second-order valence-corrected chi connectivity index (χ2v) is 5.63. The van der Waals surface area contributed by atoms with Gasteiger partial charge in [-0.15, -0.1) is 0 Å². The van der Waals surface area contributed by atoms with Gasteiger partial charge in [-0.2, -0.15) is 0 Å². The lowest BCUT2D eigenvalue weighted by molar-refractivity contribution is 0.0954. The van der Waals surface area contributed by atoms with E-state index in [0.717, 1.165) is 11.9 Å². The fourth-order valence-electron chi connectivity index (χ4n) is 2.67. The van der Waals surface area contributed by atoms with E-state index in [1.165, 1.54) is 10.9 Å². The van der Waals surface area contributed by atoms with Crippen molar-refractivity contribution in [2.75, 3.05) is 25.5 Å². The maximum absolute atomic E-state index is 12.4. The molecule has 1 aromatic carbocycles. The minimum absolute atomic E-state index is 0.0957.